The van der Waals surface area contributed by atoms with E-state index in [9.17, 15) is 8.42 Å². The van der Waals surface area contributed by atoms with E-state index < -0.39 is 15.3 Å². The van der Waals surface area contributed by atoms with Gasteiger partial charge in [0.25, 0.3) is 0 Å². The second-order valence-corrected chi connectivity index (χ2v) is 7.23. The van der Waals surface area contributed by atoms with Gasteiger partial charge in [-0.3, -0.25) is 4.98 Å². The van der Waals surface area contributed by atoms with Crippen molar-refractivity contribution in [2.45, 2.75) is 18.2 Å². The lowest BCUT2D eigenvalue weighted by atomic mass is 10.1. The molecule has 2 heterocycles. The molecule has 1 aromatic heterocycles. The Kier molecular flexibility index (Phi) is 7.02. The van der Waals surface area contributed by atoms with Crippen molar-refractivity contribution in [3.63, 3.8) is 0 Å². The predicted molar refractivity (Wildman–Crippen MR) is 84.1 cm³/mol. The van der Waals surface area contributed by atoms with Crippen molar-refractivity contribution in [1.82, 2.24) is 14.6 Å². The Labute approximate surface area is 132 Å². The van der Waals surface area contributed by atoms with Crippen molar-refractivity contribution >= 4 is 22.4 Å². The van der Waals surface area contributed by atoms with Crippen LogP contribution in [0.5, 0.6) is 0 Å². The zero-order chi connectivity index (χ0) is 14.6. The average Bonchev–Trinajstić information content (AvgIpc) is 2.48. The molecule has 1 aliphatic rings. The molecule has 0 spiro atoms. The van der Waals surface area contributed by atoms with E-state index in [1.165, 1.54) is 7.11 Å². The van der Waals surface area contributed by atoms with Gasteiger partial charge in [-0.2, -0.15) is 4.31 Å². The first-order valence-electron chi connectivity index (χ1n) is 6.67. The predicted octanol–water partition coefficient (Wildman–Crippen LogP) is 0.814. The molecule has 1 saturated heterocycles. The fourth-order valence-electron chi connectivity index (χ4n) is 2.40. The number of rotatable bonds is 5. The molecule has 0 bridgehead atoms. The number of nitrogens with one attached hydrogen (secondary N) is 1. The van der Waals surface area contributed by atoms with Crippen LogP contribution >= 0.6 is 12.4 Å². The minimum absolute atomic E-state index is 0. The second-order valence-electron chi connectivity index (χ2n) is 4.93. The number of piperazine rings is 1. The fraction of sp³-hybridized carbons (Fsp3) is 0.615. The molecule has 2 rings (SSSR count). The van der Waals surface area contributed by atoms with Crippen molar-refractivity contribution in [2.75, 3.05) is 33.4 Å². The third-order valence-electron chi connectivity index (χ3n) is 3.50. The van der Waals surface area contributed by atoms with E-state index in [0.717, 1.165) is 5.56 Å². The smallest absolute Gasteiger partial charge is 0.219 e. The number of hydrogen-bond acceptors (Lipinski definition) is 5. The first-order chi connectivity index (χ1) is 9.57. The van der Waals surface area contributed by atoms with Gasteiger partial charge >= 0.3 is 0 Å². The Morgan fingerprint density at radius 1 is 1.57 bits per heavy atom. The van der Waals surface area contributed by atoms with Crippen LogP contribution in [0.15, 0.2) is 24.5 Å². The molecule has 0 radical (unpaired) electrons. The zero-order valence-corrected chi connectivity index (χ0v) is 13.9. The number of pyridine rings is 1. The van der Waals surface area contributed by atoms with E-state index in [1.807, 2.05) is 12.1 Å². The van der Waals surface area contributed by atoms with Crippen molar-refractivity contribution in [1.29, 1.82) is 0 Å². The van der Waals surface area contributed by atoms with Gasteiger partial charge < -0.3 is 10.1 Å². The molecule has 8 heteroatoms. The Bertz CT molecular complexity index is 527. The first-order valence-corrected chi connectivity index (χ1v) is 8.18. The van der Waals surface area contributed by atoms with E-state index in [4.69, 9.17) is 4.74 Å². The monoisotopic (exact) mass is 335 g/mol. The molecule has 1 fully saturated rings. The lowest BCUT2D eigenvalue weighted by Gasteiger charge is -2.36. The largest absolute Gasteiger partial charge is 0.383 e. The summed E-state index contributed by atoms with van der Waals surface area (Å²) in [5.41, 5.74) is 0.910. The number of sulfonamides is 1. The fourth-order valence-corrected chi connectivity index (χ4v) is 4.07. The van der Waals surface area contributed by atoms with Gasteiger partial charge in [0, 0.05) is 39.1 Å². The first kappa shape index (κ1) is 18.3. The summed E-state index contributed by atoms with van der Waals surface area (Å²) in [7, 11) is -1.86. The Hall–Kier alpha value is -0.730. The summed E-state index contributed by atoms with van der Waals surface area (Å²) in [6, 6.07) is 3.53. The number of ether oxygens (including phenoxy) is 1. The number of methoxy groups -OCH3 is 1. The molecule has 0 aromatic carbocycles. The van der Waals surface area contributed by atoms with Gasteiger partial charge in [0.15, 0.2) is 0 Å². The third-order valence-corrected chi connectivity index (χ3v) is 5.74. The van der Waals surface area contributed by atoms with Crippen molar-refractivity contribution < 1.29 is 13.2 Å². The Balaban J connectivity index is 0.00000220. The number of halogens is 1. The quantitative estimate of drug-likeness (QED) is 0.862. The molecule has 1 aliphatic heterocycles. The van der Waals surface area contributed by atoms with E-state index in [2.05, 4.69) is 10.3 Å². The van der Waals surface area contributed by atoms with Gasteiger partial charge in [0.2, 0.25) is 10.0 Å². The summed E-state index contributed by atoms with van der Waals surface area (Å²) in [6.45, 7) is 3.61. The van der Waals surface area contributed by atoms with Crippen LogP contribution in [0.25, 0.3) is 0 Å². The summed E-state index contributed by atoms with van der Waals surface area (Å²) in [5, 5.41) is 2.69. The maximum absolute atomic E-state index is 12.7. The number of aromatic nitrogens is 1. The maximum Gasteiger partial charge on any atom is 0.219 e. The summed E-state index contributed by atoms with van der Waals surface area (Å²) >= 11 is 0. The van der Waals surface area contributed by atoms with Gasteiger partial charge in [-0.25, -0.2) is 8.42 Å². The number of hydrogen-bond donors (Lipinski definition) is 1. The van der Waals surface area contributed by atoms with Gasteiger partial charge in [-0.1, -0.05) is 6.07 Å². The molecular weight excluding hydrogens is 314 g/mol. The highest BCUT2D eigenvalue weighted by Gasteiger charge is 2.36. The van der Waals surface area contributed by atoms with Gasteiger partial charge in [-0.15, -0.1) is 12.4 Å². The SMILES string of the molecule is COCC(C)S(=O)(=O)N1CCNCC1c1cccnc1.Cl. The minimum Gasteiger partial charge on any atom is -0.383 e. The van der Waals surface area contributed by atoms with Gasteiger partial charge in [0.05, 0.1) is 17.9 Å². The van der Waals surface area contributed by atoms with Crippen molar-refractivity contribution in [3.05, 3.63) is 30.1 Å². The highest BCUT2D eigenvalue weighted by atomic mass is 35.5. The van der Waals surface area contributed by atoms with Crippen LogP contribution in [0.2, 0.25) is 0 Å². The highest BCUT2D eigenvalue weighted by molar-refractivity contribution is 7.89. The molecule has 6 nitrogen and oxygen atoms in total. The van der Waals surface area contributed by atoms with E-state index >= 15 is 0 Å². The van der Waals surface area contributed by atoms with Gasteiger partial charge in [-0.05, 0) is 18.6 Å². The van der Waals surface area contributed by atoms with E-state index in [0.29, 0.717) is 19.6 Å². The van der Waals surface area contributed by atoms with Crippen molar-refractivity contribution in [3.8, 4) is 0 Å². The maximum atomic E-state index is 12.7. The molecule has 0 saturated carbocycles. The van der Waals surface area contributed by atoms with Crippen LogP contribution in [0.1, 0.15) is 18.5 Å². The Morgan fingerprint density at radius 2 is 2.33 bits per heavy atom. The van der Waals surface area contributed by atoms with Crippen LogP contribution in [-0.4, -0.2) is 56.3 Å². The summed E-state index contributed by atoms with van der Waals surface area (Å²) in [5.74, 6) is 0. The molecule has 1 N–H and O–H groups in total. The third kappa shape index (κ3) is 4.14. The van der Waals surface area contributed by atoms with Gasteiger partial charge in [0.1, 0.15) is 0 Å². The topological polar surface area (TPSA) is 71.5 Å². The van der Waals surface area contributed by atoms with Crippen LogP contribution in [0, 0.1) is 0 Å². The lowest BCUT2D eigenvalue weighted by molar-refractivity contribution is 0.194. The normalized spacial score (nSPS) is 21.5. The zero-order valence-electron chi connectivity index (χ0n) is 12.2. The van der Waals surface area contributed by atoms with Crippen LogP contribution < -0.4 is 5.32 Å². The van der Waals surface area contributed by atoms with E-state index in [-0.39, 0.29) is 25.1 Å². The highest BCUT2D eigenvalue weighted by Crippen LogP contribution is 2.26. The molecular formula is C13H22ClN3O3S. The van der Waals surface area contributed by atoms with Crippen LogP contribution in [0.3, 0.4) is 0 Å². The molecule has 2 atom stereocenters. The molecule has 2 unspecified atom stereocenters. The standard InChI is InChI=1S/C13H21N3O3S.ClH/c1-11(10-19-2)20(17,18)16-7-6-15-9-13(16)12-4-3-5-14-8-12;/h3-5,8,11,13,15H,6-7,9-10H2,1-2H3;1H. The lowest BCUT2D eigenvalue weighted by Crippen LogP contribution is -2.51. The molecule has 120 valence electrons. The van der Waals surface area contributed by atoms with Crippen LogP contribution in [0.4, 0.5) is 0 Å². The summed E-state index contributed by atoms with van der Waals surface area (Å²) in [4.78, 5) is 4.08. The minimum atomic E-state index is -3.38. The molecule has 0 aliphatic carbocycles. The van der Waals surface area contributed by atoms with Crippen molar-refractivity contribution in [2.24, 2.45) is 0 Å². The van der Waals surface area contributed by atoms with Crippen LogP contribution in [-0.2, 0) is 14.8 Å². The molecule has 1 aromatic rings. The Morgan fingerprint density at radius 3 is 2.95 bits per heavy atom. The van der Waals surface area contributed by atoms with E-state index in [1.54, 1.807) is 23.6 Å². The summed E-state index contributed by atoms with van der Waals surface area (Å²) < 4.78 is 31.9. The summed E-state index contributed by atoms with van der Waals surface area (Å²) in [6.07, 6.45) is 3.41. The number of nitrogens with zero attached hydrogens (tertiary/aromatic N) is 2. The average molecular weight is 336 g/mol. The molecule has 21 heavy (non-hydrogen) atoms. The molecule has 0 amide bonds. The second kappa shape index (κ2) is 8.05.